The van der Waals surface area contributed by atoms with Crippen molar-refractivity contribution in [2.24, 2.45) is 0 Å². The molecule has 154 valence electrons. The lowest BCUT2D eigenvalue weighted by Crippen LogP contribution is -2.16. The predicted octanol–water partition coefficient (Wildman–Crippen LogP) is 3.63. The average Bonchev–Trinajstić information content (AvgIpc) is 2.74. The van der Waals surface area contributed by atoms with Crippen molar-refractivity contribution in [2.75, 3.05) is 25.1 Å². The van der Waals surface area contributed by atoms with E-state index in [9.17, 15) is 14.4 Å². The van der Waals surface area contributed by atoms with Crippen LogP contribution in [0.2, 0.25) is 0 Å². The molecule has 2 aromatic rings. The molecule has 1 amide bonds. The summed E-state index contributed by atoms with van der Waals surface area (Å²) in [5.41, 5.74) is 1.00. The molecule has 0 bridgehead atoms. The number of benzene rings is 2. The van der Waals surface area contributed by atoms with Gasteiger partial charge in [0.2, 0.25) is 5.91 Å². The van der Waals surface area contributed by atoms with Crippen molar-refractivity contribution >= 4 is 23.3 Å². The van der Waals surface area contributed by atoms with Crippen LogP contribution in [0.4, 0.5) is 5.69 Å². The van der Waals surface area contributed by atoms with Gasteiger partial charge in [-0.2, -0.15) is 0 Å². The monoisotopic (exact) mass is 399 g/mol. The molecule has 2 aromatic carbocycles. The molecule has 0 saturated heterocycles. The molecule has 0 aliphatic carbocycles. The zero-order valence-corrected chi connectivity index (χ0v) is 16.6. The number of hydrogen-bond acceptors (Lipinski definition) is 6. The molecule has 7 nitrogen and oxygen atoms in total. The third-order valence-corrected chi connectivity index (χ3v) is 3.89. The predicted molar refractivity (Wildman–Crippen MR) is 108 cm³/mol. The highest BCUT2D eigenvalue weighted by molar-refractivity contribution is 5.98. The summed E-state index contributed by atoms with van der Waals surface area (Å²) in [6.07, 6.45) is 0.382. The van der Waals surface area contributed by atoms with Crippen molar-refractivity contribution in [2.45, 2.75) is 26.7 Å². The Kier molecular flexibility index (Phi) is 8.69. The van der Waals surface area contributed by atoms with Gasteiger partial charge in [0.15, 0.2) is 23.9 Å². The maximum atomic E-state index is 12.1. The van der Waals surface area contributed by atoms with Crippen LogP contribution in [0.1, 0.15) is 37.0 Å². The third kappa shape index (κ3) is 7.29. The molecule has 1 N–H and O–H groups in total. The van der Waals surface area contributed by atoms with Crippen molar-refractivity contribution in [3.05, 3.63) is 54.1 Å². The number of para-hydroxylation sites is 2. The summed E-state index contributed by atoms with van der Waals surface area (Å²) in [6.45, 7) is 3.90. The van der Waals surface area contributed by atoms with Crippen LogP contribution in [0.5, 0.6) is 11.5 Å². The number of Topliss-reactive ketones (excluding diaryl/α,β-unsaturated/α-hetero) is 1. The van der Waals surface area contributed by atoms with E-state index in [0.717, 1.165) is 0 Å². The van der Waals surface area contributed by atoms with Gasteiger partial charge in [0.05, 0.1) is 19.6 Å². The van der Waals surface area contributed by atoms with Gasteiger partial charge in [-0.3, -0.25) is 14.4 Å². The molecule has 29 heavy (non-hydrogen) atoms. The van der Waals surface area contributed by atoms with Crippen LogP contribution in [-0.2, 0) is 14.3 Å². The second-order valence-electron chi connectivity index (χ2n) is 6.04. The highest BCUT2D eigenvalue weighted by Crippen LogP contribution is 2.26. The molecule has 0 aromatic heterocycles. The van der Waals surface area contributed by atoms with E-state index >= 15 is 0 Å². The molecule has 0 unspecified atom stereocenters. The fourth-order valence-corrected chi connectivity index (χ4v) is 2.38. The molecular formula is C22H25NO6. The Bertz CT molecular complexity index is 831. The first kappa shape index (κ1) is 21.9. The highest BCUT2D eigenvalue weighted by Gasteiger charge is 2.11. The van der Waals surface area contributed by atoms with Gasteiger partial charge < -0.3 is 19.5 Å². The van der Waals surface area contributed by atoms with Crippen molar-refractivity contribution in [1.29, 1.82) is 0 Å². The molecule has 0 radical (unpaired) electrons. The Balaban J connectivity index is 1.74. The maximum Gasteiger partial charge on any atom is 0.309 e. The summed E-state index contributed by atoms with van der Waals surface area (Å²) in [5, 5.41) is 2.70. The number of esters is 1. The first-order chi connectivity index (χ1) is 14.0. The Morgan fingerprint density at radius 3 is 2.17 bits per heavy atom. The third-order valence-electron chi connectivity index (χ3n) is 3.89. The largest absolute Gasteiger partial charge is 0.490 e. The second-order valence-corrected chi connectivity index (χ2v) is 6.04. The molecular weight excluding hydrogens is 374 g/mol. The van der Waals surface area contributed by atoms with E-state index in [0.29, 0.717) is 35.8 Å². The molecule has 2 rings (SSSR count). The number of ketones is 1. The number of ether oxygens (including phenoxy) is 3. The molecule has 7 heteroatoms. The number of carbonyl (C=O) groups is 3. The van der Waals surface area contributed by atoms with E-state index in [2.05, 4.69) is 5.32 Å². The van der Waals surface area contributed by atoms with E-state index in [1.54, 1.807) is 43.3 Å². The smallest absolute Gasteiger partial charge is 0.309 e. The van der Waals surface area contributed by atoms with Gasteiger partial charge in [0, 0.05) is 17.7 Å². The van der Waals surface area contributed by atoms with Gasteiger partial charge in [0.25, 0.3) is 0 Å². The van der Waals surface area contributed by atoms with Gasteiger partial charge in [0.1, 0.15) is 0 Å². The molecule has 0 spiro atoms. The Morgan fingerprint density at radius 1 is 0.897 bits per heavy atom. The fraction of sp³-hybridized carbons (Fsp3) is 0.318. The lowest BCUT2D eigenvalue weighted by atomic mass is 10.1. The van der Waals surface area contributed by atoms with E-state index in [-0.39, 0.29) is 31.3 Å². The van der Waals surface area contributed by atoms with Gasteiger partial charge in [-0.05, 0) is 43.3 Å². The first-order valence-electron chi connectivity index (χ1n) is 9.46. The minimum absolute atomic E-state index is 0.00965. The molecule has 0 saturated carbocycles. The fourth-order valence-electron chi connectivity index (χ4n) is 2.38. The van der Waals surface area contributed by atoms with E-state index in [1.165, 1.54) is 0 Å². The number of hydrogen-bond donors (Lipinski definition) is 1. The molecule has 0 atom stereocenters. The van der Waals surface area contributed by atoms with Crippen LogP contribution in [0.3, 0.4) is 0 Å². The number of nitrogens with one attached hydrogen (secondary N) is 1. The Morgan fingerprint density at radius 2 is 1.55 bits per heavy atom. The quantitative estimate of drug-likeness (QED) is 0.458. The van der Waals surface area contributed by atoms with Gasteiger partial charge in [-0.25, -0.2) is 0 Å². The number of carbonyl (C=O) groups excluding carboxylic acids is 3. The number of anilines is 1. The van der Waals surface area contributed by atoms with Crippen LogP contribution < -0.4 is 14.8 Å². The summed E-state index contributed by atoms with van der Waals surface area (Å²) >= 11 is 0. The lowest BCUT2D eigenvalue weighted by molar-refractivity contribution is -0.143. The minimum atomic E-state index is -0.529. The zero-order valence-electron chi connectivity index (χ0n) is 16.6. The maximum absolute atomic E-state index is 12.1. The van der Waals surface area contributed by atoms with Crippen molar-refractivity contribution in [3.8, 4) is 11.5 Å². The Labute approximate surface area is 170 Å². The summed E-state index contributed by atoms with van der Waals surface area (Å²) in [6, 6.07) is 13.6. The summed E-state index contributed by atoms with van der Waals surface area (Å²) < 4.78 is 16.0. The SMILES string of the molecule is CCOc1ccccc1OCCC(=O)OCC(=O)c1ccc(NC(=O)CC)cc1. The molecule has 0 aliphatic heterocycles. The van der Waals surface area contributed by atoms with Crippen LogP contribution >= 0.6 is 0 Å². The lowest BCUT2D eigenvalue weighted by Gasteiger charge is -2.11. The van der Waals surface area contributed by atoms with Crippen molar-refractivity contribution in [3.63, 3.8) is 0 Å². The summed E-state index contributed by atoms with van der Waals surface area (Å²) in [4.78, 5) is 35.3. The van der Waals surface area contributed by atoms with E-state index < -0.39 is 5.97 Å². The van der Waals surface area contributed by atoms with Gasteiger partial charge in [-0.1, -0.05) is 19.1 Å². The van der Waals surface area contributed by atoms with E-state index in [1.807, 2.05) is 19.1 Å². The summed E-state index contributed by atoms with van der Waals surface area (Å²) in [7, 11) is 0. The normalized spacial score (nSPS) is 10.1. The van der Waals surface area contributed by atoms with Crippen LogP contribution in [-0.4, -0.2) is 37.5 Å². The van der Waals surface area contributed by atoms with Crippen LogP contribution in [0.15, 0.2) is 48.5 Å². The van der Waals surface area contributed by atoms with Gasteiger partial charge >= 0.3 is 5.97 Å². The average molecular weight is 399 g/mol. The molecule has 0 fully saturated rings. The standard InChI is InChI=1S/C22H25NO6/c1-3-21(25)23-17-11-9-16(10-12-17)18(24)15-29-22(26)13-14-28-20-8-6-5-7-19(20)27-4-2/h5-12H,3-4,13-15H2,1-2H3,(H,23,25). The second kappa shape index (κ2) is 11.5. The van der Waals surface area contributed by atoms with Crippen LogP contribution in [0.25, 0.3) is 0 Å². The van der Waals surface area contributed by atoms with Crippen molar-refractivity contribution in [1.82, 2.24) is 0 Å². The van der Waals surface area contributed by atoms with E-state index in [4.69, 9.17) is 14.2 Å². The van der Waals surface area contributed by atoms with Crippen LogP contribution in [0, 0.1) is 0 Å². The number of rotatable bonds is 11. The minimum Gasteiger partial charge on any atom is -0.490 e. The molecule has 0 heterocycles. The van der Waals surface area contributed by atoms with Crippen molar-refractivity contribution < 1.29 is 28.6 Å². The summed E-state index contributed by atoms with van der Waals surface area (Å²) in [5.74, 6) is 0.197. The molecule has 0 aliphatic rings. The first-order valence-corrected chi connectivity index (χ1v) is 9.46. The highest BCUT2D eigenvalue weighted by atomic mass is 16.5. The van der Waals surface area contributed by atoms with Gasteiger partial charge in [-0.15, -0.1) is 0 Å². The Hall–Kier alpha value is -3.35. The topological polar surface area (TPSA) is 90.9 Å². The number of amides is 1. The zero-order chi connectivity index (χ0) is 21.1.